The smallest absolute Gasteiger partial charge is 0.222 e. The largest absolute Gasteiger partial charge is 0.493 e. The van der Waals surface area contributed by atoms with Crippen molar-refractivity contribution in [2.75, 3.05) is 20.2 Å². The predicted molar refractivity (Wildman–Crippen MR) is 93.8 cm³/mol. The lowest BCUT2D eigenvalue weighted by molar-refractivity contribution is -0.137. The van der Waals surface area contributed by atoms with Crippen molar-refractivity contribution in [2.45, 2.75) is 38.0 Å². The van der Waals surface area contributed by atoms with Crippen LogP contribution in [-0.2, 0) is 11.3 Å². The SMILES string of the molecule is COc1cc(F)ccc1O[C@@H]1CCN(C(=O)CCCn2cncn2)C[C@H]1O. The summed E-state index contributed by atoms with van der Waals surface area (Å²) in [5, 5.41) is 14.4. The first kappa shape index (κ1) is 19.1. The number of likely N-dealkylation sites (tertiary alicyclic amines) is 1. The molecule has 1 saturated heterocycles. The van der Waals surface area contributed by atoms with Gasteiger partial charge in [-0.05, 0) is 18.6 Å². The number of hydrogen-bond donors (Lipinski definition) is 1. The molecule has 9 heteroatoms. The van der Waals surface area contributed by atoms with Crippen molar-refractivity contribution in [3.8, 4) is 11.5 Å². The number of ether oxygens (including phenoxy) is 2. The van der Waals surface area contributed by atoms with Crippen LogP contribution >= 0.6 is 0 Å². The van der Waals surface area contributed by atoms with Crippen LogP contribution < -0.4 is 9.47 Å². The lowest BCUT2D eigenvalue weighted by Crippen LogP contribution is -2.51. The van der Waals surface area contributed by atoms with Gasteiger partial charge < -0.3 is 19.5 Å². The van der Waals surface area contributed by atoms with Gasteiger partial charge in [0, 0.05) is 32.0 Å². The minimum atomic E-state index is -0.826. The molecule has 0 saturated carbocycles. The highest BCUT2D eigenvalue weighted by Crippen LogP contribution is 2.30. The number of rotatable bonds is 7. The Kier molecular flexibility index (Phi) is 6.23. The number of nitrogens with zero attached hydrogens (tertiary/aromatic N) is 4. The van der Waals surface area contributed by atoms with Crippen LogP contribution in [0.3, 0.4) is 0 Å². The highest BCUT2D eigenvalue weighted by atomic mass is 19.1. The summed E-state index contributed by atoms with van der Waals surface area (Å²) >= 11 is 0. The number of aryl methyl sites for hydroxylation is 1. The van der Waals surface area contributed by atoms with Crippen molar-refractivity contribution in [2.24, 2.45) is 0 Å². The summed E-state index contributed by atoms with van der Waals surface area (Å²) in [5.74, 6) is 0.211. The van der Waals surface area contributed by atoms with Gasteiger partial charge in [0.2, 0.25) is 5.91 Å². The molecule has 27 heavy (non-hydrogen) atoms. The van der Waals surface area contributed by atoms with Crippen LogP contribution in [0, 0.1) is 5.82 Å². The number of aromatic nitrogens is 3. The van der Waals surface area contributed by atoms with E-state index < -0.39 is 18.0 Å². The van der Waals surface area contributed by atoms with Gasteiger partial charge >= 0.3 is 0 Å². The minimum Gasteiger partial charge on any atom is -0.493 e. The zero-order valence-corrected chi connectivity index (χ0v) is 15.1. The molecule has 3 rings (SSSR count). The second-order valence-corrected chi connectivity index (χ2v) is 6.41. The number of benzene rings is 1. The number of methoxy groups -OCH3 is 1. The van der Waals surface area contributed by atoms with E-state index in [-0.39, 0.29) is 18.2 Å². The molecular weight excluding hydrogens is 355 g/mol. The van der Waals surface area contributed by atoms with Crippen molar-refractivity contribution in [1.82, 2.24) is 19.7 Å². The molecule has 0 bridgehead atoms. The van der Waals surface area contributed by atoms with Gasteiger partial charge in [-0.2, -0.15) is 5.10 Å². The van der Waals surface area contributed by atoms with Gasteiger partial charge in [-0.3, -0.25) is 9.48 Å². The van der Waals surface area contributed by atoms with Crippen molar-refractivity contribution in [1.29, 1.82) is 0 Å². The molecule has 0 spiro atoms. The molecule has 2 heterocycles. The van der Waals surface area contributed by atoms with E-state index in [0.717, 1.165) is 0 Å². The third-order valence-corrected chi connectivity index (χ3v) is 4.52. The zero-order chi connectivity index (χ0) is 19.2. The Hall–Kier alpha value is -2.68. The third-order valence-electron chi connectivity index (χ3n) is 4.52. The second kappa shape index (κ2) is 8.81. The van der Waals surface area contributed by atoms with Gasteiger partial charge in [0.25, 0.3) is 0 Å². The summed E-state index contributed by atoms with van der Waals surface area (Å²) in [6, 6.07) is 3.98. The van der Waals surface area contributed by atoms with Crippen LogP contribution in [-0.4, -0.2) is 63.1 Å². The van der Waals surface area contributed by atoms with Gasteiger partial charge in [0.05, 0.1) is 13.7 Å². The molecular formula is C18H23FN4O4. The Morgan fingerprint density at radius 2 is 2.26 bits per heavy atom. The quantitative estimate of drug-likeness (QED) is 0.780. The summed E-state index contributed by atoms with van der Waals surface area (Å²) in [7, 11) is 1.43. The van der Waals surface area contributed by atoms with Crippen LogP contribution in [0.5, 0.6) is 11.5 Å². The van der Waals surface area contributed by atoms with Crippen molar-refractivity contribution < 1.29 is 23.8 Å². The van der Waals surface area contributed by atoms with Crippen LogP contribution in [0.4, 0.5) is 4.39 Å². The molecule has 1 amide bonds. The van der Waals surface area contributed by atoms with E-state index in [2.05, 4.69) is 10.1 Å². The maximum absolute atomic E-state index is 13.3. The van der Waals surface area contributed by atoms with Gasteiger partial charge in [-0.25, -0.2) is 9.37 Å². The van der Waals surface area contributed by atoms with E-state index in [9.17, 15) is 14.3 Å². The van der Waals surface area contributed by atoms with Crippen molar-refractivity contribution in [3.05, 3.63) is 36.7 Å². The Bertz CT molecular complexity index is 756. The Morgan fingerprint density at radius 1 is 1.41 bits per heavy atom. The molecule has 0 unspecified atom stereocenters. The number of amides is 1. The fourth-order valence-corrected chi connectivity index (χ4v) is 3.07. The number of β-amino-alcohol motifs (C(OH)–C–C–N with tert-alkyl or cyclic N) is 1. The van der Waals surface area contributed by atoms with E-state index in [0.29, 0.717) is 38.1 Å². The molecule has 1 aromatic heterocycles. The normalized spacial score (nSPS) is 19.7. The first-order valence-electron chi connectivity index (χ1n) is 8.85. The highest BCUT2D eigenvalue weighted by molar-refractivity contribution is 5.76. The fourth-order valence-electron chi connectivity index (χ4n) is 3.07. The van der Waals surface area contributed by atoms with Crippen molar-refractivity contribution >= 4 is 5.91 Å². The molecule has 1 N–H and O–H groups in total. The standard InChI is InChI=1S/C18H23FN4O4/c1-26-17-9-13(19)4-5-16(17)27-15-6-8-22(10-14(15)24)18(25)3-2-7-23-12-20-11-21-23/h4-5,9,11-12,14-15,24H,2-3,6-8,10H2,1H3/t14-,15-/m1/s1. The monoisotopic (exact) mass is 378 g/mol. The third kappa shape index (κ3) is 4.94. The van der Waals surface area contributed by atoms with E-state index in [1.54, 1.807) is 15.9 Å². The van der Waals surface area contributed by atoms with Crippen LogP contribution in [0.1, 0.15) is 19.3 Å². The molecule has 0 radical (unpaired) electrons. The fraction of sp³-hybridized carbons (Fsp3) is 0.500. The summed E-state index contributed by atoms with van der Waals surface area (Å²) < 4.78 is 25.9. The maximum atomic E-state index is 13.3. The lowest BCUT2D eigenvalue weighted by atomic mass is 10.0. The van der Waals surface area contributed by atoms with Gasteiger partial charge in [0.15, 0.2) is 11.5 Å². The first-order valence-corrected chi connectivity index (χ1v) is 8.85. The number of aliphatic hydroxyl groups is 1. The molecule has 1 aromatic carbocycles. The zero-order valence-electron chi connectivity index (χ0n) is 15.1. The number of carbonyl (C=O) groups excluding carboxylic acids is 1. The van der Waals surface area contributed by atoms with E-state index in [4.69, 9.17) is 9.47 Å². The minimum absolute atomic E-state index is 0.00743. The first-order chi connectivity index (χ1) is 13.1. The molecule has 146 valence electrons. The summed E-state index contributed by atoms with van der Waals surface area (Å²) in [6.45, 7) is 1.32. The molecule has 1 aliphatic heterocycles. The van der Waals surface area contributed by atoms with E-state index >= 15 is 0 Å². The topological polar surface area (TPSA) is 89.7 Å². The Labute approximate surface area is 156 Å². The Balaban J connectivity index is 1.49. The van der Waals surface area contributed by atoms with Gasteiger partial charge in [-0.15, -0.1) is 0 Å². The molecule has 8 nitrogen and oxygen atoms in total. The van der Waals surface area contributed by atoms with Crippen molar-refractivity contribution in [3.63, 3.8) is 0 Å². The molecule has 1 fully saturated rings. The molecule has 2 aromatic rings. The number of hydrogen-bond acceptors (Lipinski definition) is 6. The number of halogens is 1. The van der Waals surface area contributed by atoms with Crippen LogP contribution in [0.25, 0.3) is 0 Å². The van der Waals surface area contributed by atoms with Crippen LogP contribution in [0.2, 0.25) is 0 Å². The van der Waals surface area contributed by atoms with E-state index in [1.165, 1.54) is 31.6 Å². The summed E-state index contributed by atoms with van der Waals surface area (Å²) in [5.41, 5.74) is 0. The summed E-state index contributed by atoms with van der Waals surface area (Å²) in [4.78, 5) is 17.8. The Morgan fingerprint density at radius 3 is 2.96 bits per heavy atom. The molecule has 2 atom stereocenters. The average Bonchev–Trinajstić information content (AvgIpc) is 3.18. The molecule has 0 aliphatic carbocycles. The van der Waals surface area contributed by atoms with E-state index in [1.807, 2.05) is 0 Å². The number of aliphatic hydroxyl groups excluding tert-OH is 1. The lowest BCUT2D eigenvalue weighted by Gasteiger charge is -2.36. The van der Waals surface area contributed by atoms with Crippen LogP contribution in [0.15, 0.2) is 30.9 Å². The maximum Gasteiger partial charge on any atom is 0.222 e. The number of piperidine rings is 1. The molecule has 1 aliphatic rings. The van der Waals surface area contributed by atoms with Gasteiger partial charge in [-0.1, -0.05) is 0 Å². The predicted octanol–water partition coefficient (Wildman–Crippen LogP) is 1.25. The van der Waals surface area contributed by atoms with Gasteiger partial charge in [0.1, 0.15) is 30.7 Å². The average molecular weight is 378 g/mol. The number of carbonyl (C=O) groups is 1. The second-order valence-electron chi connectivity index (χ2n) is 6.41. The highest BCUT2D eigenvalue weighted by Gasteiger charge is 2.32. The summed E-state index contributed by atoms with van der Waals surface area (Å²) in [6.07, 6.45) is 3.28.